The predicted molar refractivity (Wildman–Crippen MR) is 31.3 cm³/mol. The number of hydrogen-bond donors (Lipinski definition) is 0. The Kier molecular flexibility index (Phi) is 1.38. The fourth-order valence-corrected chi connectivity index (χ4v) is 0.472. The molecule has 0 spiro atoms. The predicted octanol–water partition coefficient (Wildman–Crippen LogP) is 0.0338. The van der Waals surface area contributed by atoms with E-state index in [9.17, 15) is 0 Å². The normalized spacial score (nSPS) is 25.1. The summed E-state index contributed by atoms with van der Waals surface area (Å²) >= 11 is 0. The molecule has 1 heterocycles. The van der Waals surface area contributed by atoms with Crippen LogP contribution >= 0.6 is 0 Å². The molecule has 8 heavy (non-hydrogen) atoms. The van der Waals surface area contributed by atoms with Crippen LogP contribution in [-0.4, -0.2) is 25.0 Å². The number of nitrogens with zero attached hydrogens (tertiary/aromatic N) is 3. The minimum atomic E-state index is -0.236. The zero-order valence-corrected chi connectivity index (χ0v) is 4.28. The minimum absolute atomic E-state index is 0.236. The van der Waals surface area contributed by atoms with E-state index in [1.165, 1.54) is 0 Å². The summed E-state index contributed by atoms with van der Waals surface area (Å²) < 4.78 is 0. The van der Waals surface area contributed by atoms with Crippen molar-refractivity contribution in [2.75, 3.05) is 6.54 Å². The molecular weight excluding hydrogens is 102 g/mol. The maximum atomic E-state index is 8.25. The van der Waals surface area contributed by atoms with Crippen molar-refractivity contribution in [2.24, 2.45) is 9.98 Å². The highest BCUT2D eigenvalue weighted by Crippen LogP contribution is 1.90. The lowest BCUT2D eigenvalue weighted by Gasteiger charge is -1.99. The zero-order chi connectivity index (χ0) is 5.82. The molecule has 3 heteroatoms. The standard InChI is InChI=1S/C5H5N3/c6-3-5-4-7-1-2-8-5/h1-2,5H,4H2. The molecule has 1 aliphatic heterocycles. The van der Waals surface area contributed by atoms with Gasteiger partial charge in [-0.25, -0.2) is 0 Å². The molecular formula is C5H5N3. The van der Waals surface area contributed by atoms with Crippen molar-refractivity contribution in [1.82, 2.24) is 0 Å². The van der Waals surface area contributed by atoms with Crippen LogP contribution in [-0.2, 0) is 0 Å². The average molecular weight is 107 g/mol. The van der Waals surface area contributed by atoms with Crippen LogP contribution in [0.25, 0.3) is 0 Å². The molecule has 0 N–H and O–H groups in total. The first-order valence-corrected chi connectivity index (χ1v) is 2.34. The van der Waals surface area contributed by atoms with Gasteiger partial charge >= 0.3 is 0 Å². The van der Waals surface area contributed by atoms with E-state index < -0.39 is 0 Å². The summed E-state index contributed by atoms with van der Waals surface area (Å²) in [5, 5.41) is 8.25. The van der Waals surface area contributed by atoms with Crippen molar-refractivity contribution in [2.45, 2.75) is 6.04 Å². The van der Waals surface area contributed by atoms with E-state index >= 15 is 0 Å². The van der Waals surface area contributed by atoms with Gasteiger partial charge in [-0.2, -0.15) is 5.26 Å². The second-order valence-corrected chi connectivity index (χ2v) is 1.46. The maximum absolute atomic E-state index is 8.25. The second-order valence-electron chi connectivity index (χ2n) is 1.46. The minimum Gasteiger partial charge on any atom is -0.288 e. The van der Waals surface area contributed by atoms with Crippen LogP contribution in [0, 0.1) is 11.3 Å². The SMILES string of the molecule is N#CC1CN=CC=N1. The molecule has 0 aromatic rings. The van der Waals surface area contributed by atoms with E-state index in [2.05, 4.69) is 9.98 Å². The first-order chi connectivity index (χ1) is 3.93. The molecule has 0 aromatic carbocycles. The van der Waals surface area contributed by atoms with Gasteiger partial charge in [0.15, 0.2) is 6.04 Å². The van der Waals surface area contributed by atoms with Crippen LogP contribution in [0.2, 0.25) is 0 Å². The molecule has 1 unspecified atom stereocenters. The molecule has 1 rings (SSSR count). The van der Waals surface area contributed by atoms with Gasteiger partial charge in [0.1, 0.15) is 0 Å². The molecule has 0 radical (unpaired) electrons. The van der Waals surface area contributed by atoms with Crippen molar-refractivity contribution in [3.63, 3.8) is 0 Å². The summed E-state index contributed by atoms with van der Waals surface area (Å²) in [5.41, 5.74) is 0. The topological polar surface area (TPSA) is 48.5 Å². The van der Waals surface area contributed by atoms with Crippen LogP contribution in [0.3, 0.4) is 0 Å². The Morgan fingerprint density at radius 2 is 2.50 bits per heavy atom. The van der Waals surface area contributed by atoms with Crippen molar-refractivity contribution < 1.29 is 0 Å². The Hall–Kier alpha value is -1.17. The van der Waals surface area contributed by atoms with Crippen molar-refractivity contribution in [3.8, 4) is 6.07 Å². The lowest BCUT2D eigenvalue weighted by molar-refractivity contribution is 0.839. The number of nitriles is 1. The molecule has 1 atom stereocenters. The highest BCUT2D eigenvalue weighted by atomic mass is 14.9. The Labute approximate surface area is 47.4 Å². The summed E-state index contributed by atoms with van der Waals surface area (Å²) in [6.45, 7) is 0.521. The van der Waals surface area contributed by atoms with E-state index in [0.29, 0.717) is 6.54 Å². The van der Waals surface area contributed by atoms with Crippen LogP contribution < -0.4 is 0 Å². The van der Waals surface area contributed by atoms with Gasteiger partial charge in [0, 0.05) is 12.4 Å². The van der Waals surface area contributed by atoms with E-state index in [0.717, 1.165) is 0 Å². The van der Waals surface area contributed by atoms with Gasteiger partial charge in [-0.15, -0.1) is 0 Å². The summed E-state index contributed by atoms with van der Waals surface area (Å²) in [6.07, 6.45) is 3.16. The van der Waals surface area contributed by atoms with Gasteiger partial charge < -0.3 is 0 Å². The monoisotopic (exact) mass is 107 g/mol. The highest BCUT2D eigenvalue weighted by molar-refractivity contribution is 6.16. The van der Waals surface area contributed by atoms with E-state index in [1.54, 1.807) is 12.4 Å². The van der Waals surface area contributed by atoms with Crippen molar-refractivity contribution in [3.05, 3.63) is 0 Å². The fourth-order valence-electron chi connectivity index (χ4n) is 0.472. The van der Waals surface area contributed by atoms with Gasteiger partial charge in [-0.05, 0) is 0 Å². The largest absolute Gasteiger partial charge is 0.288 e. The van der Waals surface area contributed by atoms with Gasteiger partial charge in [0.25, 0.3) is 0 Å². The van der Waals surface area contributed by atoms with Gasteiger partial charge in [0.05, 0.1) is 12.6 Å². The van der Waals surface area contributed by atoms with Crippen LogP contribution in [0.5, 0.6) is 0 Å². The smallest absolute Gasteiger partial charge is 0.155 e. The lowest BCUT2D eigenvalue weighted by atomic mass is 10.3. The summed E-state index contributed by atoms with van der Waals surface area (Å²) in [7, 11) is 0. The van der Waals surface area contributed by atoms with Crippen LogP contribution in [0.15, 0.2) is 9.98 Å². The van der Waals surface area contributed by atoms with E-state index in [4.69, 9.17) is 5.26 Å². The Bertz CT molecular complexity index is 163. The Morgan fingerprint density at radius 1 is 1.62 bits per heavy atom. The van der Waals surface area contributed by atoms with Crippen LogP contribution in [0.1, 0.15) is 0 Å². The summed E-state index contributed by atoms with van der Waals surface area (Å²) in [6, 6.07) is 1.76. The average Bonchev–Trinajstić information content (AvgIpc) is 1.90. The number of rotatable bonds is 0. The first-order valence-electron chi connectivity index (χ1n) is 2.34. The summed E-state index contributed by atoms with van der Waals surface area (Å²) in [4.78, 5) is 7.65. The molecule has 0 bridgehead atoms. The van der Waals surface area contributed by atoms with Gasteiger partial charge in [0.2, 0.25) is 0 Å². The third-order valence-electron chi connectivity index (χ3n) is 0.865. The molecule has 0 fully saturated rings. The molecule has 0 saturated carbocycles. The third kappa shape index (κ3) is 0.909. The quantitative estimate of drug-likeness (QED) is 0.431. The molecule has 0 aromatic heterocycles. The first kappa shape index (κ1) is 4.98. The molecule has 3 nitrogen and oxygen atoms in total. The second kappa shape index (κ2) is 2.22. The number of aliphatic imine (C=N–C) groups is 2. The maximum Gasteiger partial charge on any atom is 0.155 e. The zero-order valence-electron chi connectivity index (χ0n) is 4.28. The van der Waals surface area contributed by atoms with Crippen molar-refractivity contribution >= 4 is 12.4 Å². The molecule has 0 aliphatic carbocycles. The Balaban J connectivity index is 2.55. The third-order valence-corrected chi connectivity index (χ3v) is 0.865. The summed E-state index contributed by atoms with van der Waals surface area (Å²) in [5.74, 6) is 0. The fraction of sp³-hybridized carbons (Fsp3) is 0.400. The Morgan fingerprint density at radius 3 is 2.88 bits per heavy atom. The van der Waals surface area contributed by atoms with Gasteiger partial charge in [-0.1, -0.05) is 0 Å². The van der Waals surface area contributed by atoms with E-state index in [1.807, 2.05) is 6.07 Å². The highest BCUT2D eigenvalue weighted by Gasteiger charge is 2.01. The van der Waals surface area contributed by atoms with E-state index in [-0.39, 0.29) is 6.04 Å². The molecule has 1 aliphatic rings. The van der Waals surface area contributed by atoms with Crippen molar-refractivity contribution in [1.29, 1.82) is 5.26 Å². The molecule has 0 saturated heterocycles. The lowest BCUT2D eigenvalue weighted by Crippen LogP contribution is -2.09. The van der Waals surface area contributed by atoms with Gasteiger partial charge in [-0.3, -0.25) is 9.98 Å². The van der Waals surface area contributed by atoms with Crippen LogP contribution in [0.4, 0.5) is 0 Å². The molecule has 40 valence electrons. The number of hydrogen-bond acceptors (Lipinski definition) is 3. The molecule has 0 amide bonds.